The third-order valence-electron chi connectivity index (χ3n) is 2.77. The molecule has 2 rings (SSSR count). The lowest BCUT2D eigenvalue weighted by Gasteiger charge is -2.26. The number of nitrogens with zero attached hydrogens (tertiary/aromatic N) is 1. The molecule has 0 N–H and O–H groups in total. The number of hydrogen-bond donors (Lipinski definition) is 0. The molecule has 0 radical (unpaired) electrons. The van der Waals surface area contributed by atoms with Crippen molar-refractivity contribution in [3.05, 3.63) is 34.9 Å². The summed E-state index contributed by atoms with van der Waals surface area (Å²) in [6, 6.07) is 7.34. The molecule has 0 unspecified atom stereocenters. The summed E-state index contributed by atoms with van der Waals surface area (Å²) in [5.74, 6) is 1.28. The van der Waals surface area contributed by atoms with Gasteiger partial charge in [0.2, 0.25) is 5.91 Å². The summed E-state index contributed by atoms with van der Waals surface area (Å²) >= 11 is 5.87. The fraction of sp³-hybridized carbons (Fsp3) is 0.417. The van der Waals surface area contributed by atoms with Crippen molar-refractivity contribution >= 4 is 28.3 Å². The van der Waals surface area contributed by atoms with Crippen LogP contribution in [0.15, 0.2) is 24.3 Å². The van der Waals surface area contributed by atoms with Crippen LogP contribution in [0.4, 0.5) is 0 Å². The molecule has 1 fully saturated rings. The number of benzene rings is 1. The van der Waals surface area contributed by atoms with Crippen LogP contribution in [0, 0.1) is 0 Å². The topological polar surface area (TPSA) is 37.4 Å². The molecular formula is C12H14ClNO2S. The lowest BCUT2D eigenvalue weighted by molar-refractivity contribution is -0.130. The molecule has 0 bridgehead atoms. The number of amides is 1. The number of carbonyl (C=O) groups excluding carboxylic acids is 1. The molecule has 0 atom stereocenters. The van der Waals surface area contributed by atoms with Crippen LogP contribution in [0.3, 0.4) is 0 Å². The first-order valence-electron chi connectivity index (χ1n) is 5.52. The van der Waals surface area contributed by atoms with Crippen molar-refractivity contribution in [3.8, 4) is 0 Å². The molecule has 1 amide bonds. The van der Waals surface area contributed by atoms with Crippen molar-refractivity contribution in [1.29, 1.82) is 0 Å². The molecule has 5 heteroatoms. The zero-order valence-electron chi connectivity index (χ0n) is 9.39. The van der Waals surface area contributed by atoms with Crippen molar-refractivity contribution in [2.75, 3.05) is 24.6 Å². The Kier molecular flexibility index (Phi) is 4.18. The Morgan fingerprint density at radius 2 is 2.06 bits per heavy atom. The maximum absolute atomic E-state index is 12.0. The van der Waals surface area contributed by atoms with Gasteiger partial charge in [0, 0.05) is 40.4 Å². The molecule has 92 valence electrons. The summed E-state index contributed by atoms with van der Waals surface area (Å²) in [6.07, 6.45) is 0.368. The number of halogens is 1. The molecule has 1 saturated heterocycles. The quantitative estimate of drug-likeness (QED) is 0.817. The normalized spacial score (nSPS) is 17.1. The van der Waals surface area contributed by atoms with Gasteiger partial charge in [-0.3, -0.25) is 9.00 Å². The van der Waals surface area contributed by atoms with E-state index in [2.05, 4.69) is 0 Å². The SMILES string of the molecule is O=C(Cc1cccc(Cl)c1)N1CCS(=O)CC1. The summed E-state index contributed by atoms with van der Waals surface area (Å²) in [5.41, 5.74) is 0.925. The van der Waals surface area contributed by atoms with E-state index in [-0.39, 0.29) is 5.91 Å². The third kappa shape index (κ3) is 3.54. The Balaban J connectivity index is 1.95. The molecule has 0 saturated carbocycles. The molecule has 0 aliphatic carbocycles. The highest BCUT2D eigenvalue weighted by Gasteiger charge is 2.19. The van der Waals surface area contributed by atoms with Gasteiger partial charge in [0.1, 0.15) is 0 Å². The minimum absolute atomic E-state index is 0.0870. The van der Waals surface area contributed by atoms with Crippen LogP contribution >= 0.6 is 11.6 Å². The molecule has 1 aliphatic heterocycles. The van der Waals surface area contributed by atoms with E-state index in [1.54, 1.807) is 11.0 Å². The van der Waals surface area contributed by atoms with Gasteiger partial charge >= 0.3 is 0 Å². The molecule has 1 aliphatic rings. The van der Waals surface area contributed by atoms with Crippen molar-refractivity contribution in [2.24, 2.45) is 0 Å². The van der Waals surface area contributed by atoms with Crippen molar-refractivity contribution in [3.63, 3.8) is 0 Å². The molecule has 0 spiro atoms. The van der Waals surface area contributed by atoms with Crippen molar-refractivity contribution in [2.45, 2.75) is 6.42 Å². The second-order valence-corrected chi connectivity index (χ2v) is 6.17. The number of hydrogen-bond acceptors (Lipinski definition) is 2. The van der Waals surface area contributed by atoms with E-state index >= 15 is 0 Å². The molecule has 17 heavy (non-hydrogen) atoms. The van der Waals surface area contributed by atoms with E-state index in [1.165, 1.54) is 0 Å². The summed E-state index contributed by atoms with van der Waals surface area (Å²) in [5, 5.41) is 0.648. The Morgan fingerprint density at radius 3 is 2.71 bits per heavy atom. The first-order chi connectivity index (χ1) is 8.15. The summed E-state index contributed by atoms with van der Waals surface area (Å²) in [6.45, 7) is 1.21. The molecule has 3 nitrogen and oxygen atoms in total. The Labute approximate surface area is 108 Å². The van der Waals surface area contributed by atoms with Gasteiger partial charge in [-0.05, 0) is 17.7 Å². The van der Waals surface area contributed by atoms with Crippen LogP contribution < -0.4 is 0 Å². The summed E-state index contributed by atoms with van der Waals surface area (Å²) in [7, 11) is -0.743. The van der Waals surface area contributed by atoms with Crippen LogP contribution in [0.5, 0.6) is 0 Å². The third-order valence-corrected chi connectivity index (χ3v) is 4.29. The zero-order chi connectivity index (χ0) is 12.3. The maximum Gasteiger partial charge on any atom is 0.227 e. The highest BCUT2D eigenvalue weighted by Crippen LogP contribution is 2.12. The fourth-order valence-electron chi connectivity index (χ4n) is 1.82. The molecular weight excluding hydrogens is 258 g/mol. The van der Waals surface area contributed by atoms with Gasteiger partial charge in [-0.2, -0.15) is 0 Å². The highest BCUT2D eigenvalue weighted by molar-refractivity contribution is 7.85. The van der Waals surface area contributed by atoms with Crippen LogP contribution in [0.25, 0.3) is 0 Å². The first-order valence-corrected chi connectivity index (χ1v) is 7.39. The lowest BCUT2D eigenvalue weighted by Crippen LogP contribution is -2.42. The molecule has 1 aromatic rings. The zero-order valence-corrected chi connectivity index (χ0v) is 11.0. The Hall–Kier alpha value is -0.870. The fourth-order valence-corrected chi connectivity index (χ4v) is 3.09. The van der Waals surface area contributed by atoms with Gasteiger partial charge in [-0.25, -0.2) is 0 Å². The van der Waals surface area contributed by atoms with Crippen LogP contribution in [-0.4, -0.2) is 39.6 Å². The van der Waals surface area contributed by atoms with E-state index in [0.29, 0.717) is 36.0 Å². The molecule has 1 heterocycles. The van der Waals surface area contributed by atoms with Crippen molar-refractivity contribution in [1.82, 2.24) is 4.90 Å². The summed E-state index contributed by atoms with van der Waals surface area (Å²) in [4.78, 5) is 13.7. The summed E-state index contributed by atoms with van der Waals surface area (Å²) < 4.78 is 11.2. The minimum atomic E-state index is -0.743. The van der Waals surface area contributed by atoms with Crippen LogP contribution in [0.2, 0.25) is 5.02 Å². The minimum Gasteiger partial charge on any atom is -0.341 e. The average molecular weight is 272 g/mol. The smallest absolute Gasteiger partial charge is 0.227 e. The van der Waals surface area contributed by atoms with Gasteiger partial charge in [-0.1, -0.05) is 23.7 Å². The standard InChI is InChI=1S/C12H14ClNO2S/c13-11-3-1-2-10(8-11)9-12(15)14-4-6-17(16)7-5-14/h1-3,8H,4-7,9H2. The van der Waals surface area contributed by atoms with E-state index in [4.69, 9.17) is 11.6 Å². The second kappa shape index (κ2) is 5.65. The van der Waals surface area contributed by atoms with Crippen LogP contribution in [-0.2, 0) is 22.0 Å². The monoisotopic (exact) mass is 271 g/mol. The van der Waals surface area contributed by atoms with Crippen molar-refractivity contribution < 1.29 is 9.00 Å². The Bertz CT molecular complexity index is 440. The predicted octanol–water partition coefficient (Wildman–Crippen LogP) is 1.47. The van der Waals surface area contributed by atoms with Gasteiger partial charge in [-0.15, -0.1) is 0 Å². The van der Waals surface area contributed by atoms with E-state index < -0.39 is 10.8 Å². The molecule has 0 aromatic heterocycles. The second-order valence-electron chi connectivity index (χ2n) is 4.04. The maximum atomic E-state index is 12.0. The first kappa shape index (κ1) is 12.6. The highest BCUT2D eigenvalue weighted by atomic mass is 35.5. The van der Waals surface area contributed by atoms with E-state index in [0.717, 1.165) is 5.56 Å². The lowest BCUT2D eigenvalue weighted by atomic mass is 10.1. The van der Waals surface area contributed by atoms with Gasteiger partial charge in [0.05, 0.1) is 6.42 Å². The van der Waals surface area contributed by atoms with E-state index in [9.17, 15) is 9.00 Å². The van der Waals surface area contributed by atoms with E-state index in [1.807, 2.05) is 18.2 Å². The average Bonchev–Trinajstić information content (AvgIpc) is 2.29. The Morgan fingerprint density at radius 1 is 1.35 bits per heavy atom. The van der Waals surface area contributed by atoms with Gasteiger partial charge in [0.15, 0.2) is 0 Å². The number of carbonyl (C=O) groups is 1. The van der Waals surface area contributed by atoms with Crippen LogP contribution in [0.1, 0.15) is 5.56 Å². The molecule has 1 aromatic carbocycles. The largest absolute Gasteiger partial charge is 0.341 e. The van der Waals surface area contributed by atoms with Gasteiger partial charge in [0.25, 0.3) is 0 Å². The number of rotatable bonds is 2. The van der Waals surface area contributed by atoms with Gasteiger partial charge < -0.3 is 4.90 Å². The predicted molar refractivity (Wildman–Crippen MR) is 69.6 cm³/mol.